The van der Waals surface area contributed by atoms with E-state index >= 15 is 0 Å². The molecule has 0 saturated heterocycles. The molecular weight excluding hydrogens is 204 g/mol. The van der Waals surface area contributed by atoms with Crippen molar-refractivity contribution in [3.63, 3.8) is 0 Å². The summed E-state index contributed by atoms with van der Waals surface area (Å²) in [7, 11) is 0. The van der Waals surface area contributed by atoms with Crippen LogP contribution in [0.4, 0.5) is 0 Å². The number of amides is 2. The molecule has 0 bridgehead atoms. The maximum Gasteiger partial charge on any atom is 0.224 e. The zero-order chi connectivity index (χ0) is 11.7. The molecule has 0 heterocycles. The predicted octanol–water partition coefficient (Wildman–Crippen LogP) is 0.673. The van der Waals surface area contributed by atoms with Crippen LogP contribution in [0.25, 0.3) is 0 Å². The van der Waals surface area contributed by atoms with Crippen LogP contribution in [0.5, 0.6) is 0 Å². The van der Waals surface area contributed by atoms with Gasteiger partial charge in [0.25, 0.3) is 0 Å². The molecule has 0 radical (unpaired) electrons. The normalized spacial score (nSPS) is 27.7. The number of carbonyl (C=O) groups excluding carboxylic acids is 2. The molecule has 0 aliphatic heterocycles. The molecule has 90 valence electrons. The highest BCUT2D eigenvalue weighted by Crippen LogP contribution is 2.39. The van der Waals surface area contributed by atoms with E-state index in [1.165, 1.54) is 0 Å². The van der Waals surface area contributed by atoms with Gasteiger partial charge in [0, 0.05) is 12.6 Å². The largest absolute Gasteiger partial charge is 0.356 e. The summed E-state index contributed by atoms with van der Waals surface area (Å²) in [4.78, 5) is 23.3. The molecule has 0 aromatic carbocycles. The van der Waals surface area contributed by atoms with Gasteiger partial charge in [0.05, 0.1) is 11.8 Å². The first-order chi connectivity index (χ1) is 7.58. The lowest BCUT2D eigenvalue weighted by molar-refractivity contribution is -0.127. The van der Waals surface area contributed by atoms with Crippen molar-refractivity contribution in [2.45, 2.75) is 39.2 Å². The van der Waals surface area contributed by atoms with Crippen LogP contribution in [0.3, 0.4) is 0 Å². The van der Waals surface area contributed by atoms with E-state index in [-0.39, 0.29) is 23.7 Å². The molecule has 2 aliphatic rings. The highest BCUT2D eigenvalue weighted by Gasteiger charge is 2.48. The van der Waals surface area contributed by atoms with Crippen molar-refractivity contribution in [2.75, 3.05) is 6.54 Å². The van der Waals surface area contributed by atoms with E-state index in [9.17, 15) is 9.59 Å². The zero-order valence-electron chi connectivity index (χ0n) is 9.95. The molecule has 4 nitrogen and oxygen atoms in total. The third-order valence-corrected chi connectivity index (χ3v) is 3.07. The number of hydrogen-bond acceptors (Lipinski definition) is 2. The van der Waals surface area contributed by atoms with Crippen molar-refractivity contribution in [3.05, 3.63) is 0 Å². The SMILES string of the molecule is CC(C)CNC(=O)C1CC1C(=O)NC1CC1. The number of carbonyl (C=O) groups is 2. The van der Waals surface area contributed by atoms with E-state index in [2.05, 4.69) is 24.5 Å². The summed E-state index contributed by atoms with van der Waals surface area (Å²) in [6.45, 7) is 4.82. The van der Waals surface area contributed by atoms with Crippen LogP contribution in [0.15, 0.2) is 0 Å². The van der Waals surface area contributed by atoms with Crippen LogP contribution in [0, 0.1) is 17.8 Å². The molecule has 0 aromatic heterocycles. The summed E-state index contributed by atoms with van der Waals surface area (Å²) in [5.74, 6) is 0.448. The van der Waals surface area contributed by atoms with Crippen LogP contribution >= 0.6 is 0 Å². The second-order valence-electron chi connectivity index (χ2n) is 5.37. The minimum atomic E-state index is -0.0718. The van der Waals surface area contributed by atoms with Gasteiger partial charge in [-0.2, -0.15) is 0 Å². The van der Waals surface area contributed by atoms with Gasteiger partial charge in [0.1, 0.15) is 0 Å². The Hall–Kier alpha value is -1.06. The lowest BCUT2D eigenvalue weighted by Crippen LogP contribution is -2.32. The van der Waals surface area contributed by atoms with Gasteiger partial charge in [-0.3, -0.25) is 9.59 Å². The molecule has 0 spiro atoms. The van der Waals surface area contributed by atoms with E-state index in [0.29, 0.717) is 18.5 Å². The van der Waals surface area contributed by atoms with Crippen molar-refractivity contribution < 1.29 is 9.59 Å². The van der Waals surface area contributed by atoms with E-state index in [1.807, 2.05) is 0 Å². The summed E-state index contributed by atoms with van der Waals surface area (Å²) in [6.07, 6.45) is 2.92. The molecule has 0 aromatic rings. The Labute approximate surface area is 96.2 Å². The van der Waals surface area contributed by atoms with Crippen LogP contribution in [-0.2, 0) is 9.59 Å². The first-order valence-electron chi connectivity index (χ1n) is 6.16. The Kier molecular flexibility index (Phi) is 3.17. The minimum absolute atomic E-state index is 0.0460. The second kappa shape index (κ2) is 4.44. The van der Waals surface area contributed by atoms with Gasteiger partial charge >= 0.3 is 0 Å². The van der Waals surface area contributed by atoms with E-state index in [4.69, 9.17) is 0 Å². The number of rotatable bonds is 5. The predicted molar refractivity (Wildman–Crippen MR) is 60.6 cm³/mol. The first-order valence-corrected chi connectivity index (χ1v) is 6.16. The molecule has 2 unspecified atom stereocenters. The van der Waals surface area contributed by atoms with Gasteiger partial charge in [-0.1, -0.05) is 13.8 Å². The molecule has 4 heteroatoms. The van der Waals surface area contributed by atoms with E-state index < -0.39 is 0 Å². The highest BCUT2D eigenvalue weighted by atomic mass is 16.2. The van der Waals surface area contributed by atoms with Crippen LogP contribution in [-0.4, -0.2) is 24.4 Å². The smallest absolute Gasteiger partial charge is 0.224 e. The van der Waals surface area contributed by atoms with Crippen molar-refractivity contribution in [1.29, 1.82) is 0 Å². The van der Waals surface area contributed by atoms with Gasteiger partial charge in [0.2, 0.25) is 11.8 Å². The molecule has 2 rings (SSSR count). The second-order valence-corrected chi connectivity index (χ2v) is 5.37. The van der Waals surface area contributed by atoms with Gasteiger partial charge in [0.15, 0.2) is 0 Å². The Morgan fingerprint density at radius 2 is 1.81 bits per heavy atom. The summed E-state index contributed by atoms with van der Waals surface area (Å²) >= 11 is 0. The van der Waals surface area contributed by atoms with Gasteiger partial charge < -0.3 is 10.6 Å². The molecule has 2 aliphatic carbocycles. The lowest BCUT2D eigenvalue weighted by Gasteiger charge is -2.07. The van der Waals surface area contributed by atoms with Crippen molar-refractivity contribution in [2.24, 2.45) is 17.8 Å². The topological polar surface area (TPSA) is 58.2 Å². The molecule has 2 amide bonds. The summed E-state index contributed by atoms with van der Waals surface area (Å²) in [5.41, 5.74) is 0. The molecule has 2 N–H and O–H groups in total. The maximum atomic E-state index is 11.6. The maximum absolute atomic E-state index is 11.6. The fraction of sp³-hybridized carbons (Fsp3) is 0.833. The number of hydrogen-bond donors (Lipinski definition) is 2. The van der Waals surface area contributed by atoms with Crippen LogP contribution in [0.1, 0.15) is 33.1 Å². The molecule has 16 heavy (non-hydrogen) atoms. The number of nitrogens with one attached hydrogen (secondary N) is 2. The highest BCUT2D eigenvalue weighted by molar-refractivity contribution is 5.92. The molecular formula is C12H20N2O2. The van der Waals surface area contributed by atoms with Crippen molar-refractivity contribution >= 4 is 11.8 Å². The molecule has 2 fully saturated rings. The van der Waals surface area contributed by atoms with Gasteiger partial charge in [-0.25, -0.2) is 0 Å². The van der Waals surface area contributed by atoms with E-state index in [0.717, 1.165) is 19.3 Å². The van der Waals surface area contributed by atoms with Crippen LogP contribution < -0.4 is 10.6 Å². The summed E-state index contributed by atoms with van der Waals surface area (Å²) in [5, 5.41) is 5.83. The Bertz CT molecular complexity index is 297. The monoisotopic (exact) mass is 224 g/mol. The van der Waals surface area contributed by atoms with Crippen molar-refractivity contribution in [3.8, 4) is 0 Å². The average Bonchev–Trinajstić information content (AvgIpc) is 3.05. The fourth-order valence-electron chi connectivity index (χ4n) is 1.75. The molecule has 2 saturated carbocycles. The fourth-order valence-corrected chi connectivity index (χ4v) is 1.75. The lowest BCUT2D eigenvalue weighted by atomic mass is 10.2. The third-order valence-electron chi connectivity index (χ3n) is 3.07. The summed E-state index contributed by atoms with van der Waals surface area (Å²) < 4.78 is 0. The Morgan fingerprint density at radius 3 is 2.38 bits per heavy atom. The average molecular weight is 224 g/mol. The van der Waals surface area contributed by atoms with Crippen LogP contribution in [0.2, 0.25) is 0 Å². The Morgan fingerprint density at radius 1 is 1.19 bits per heavy atom. The standard InChI is InChI=1S/C12H20N2O2/c1-7(2)6-13-11(15)9-5-10(9)12(16)14-8-3-4-8/h7-10H,3-6H2,1-2H3,(H,13,15)(H,14,16). The molecule has 2 atom stereocenters. The minimum Gasteiger partial charge on any atom is -0.356 e. The van der Waals surface area contributed by atoms with E-state index in [1.54, 1.807) is 0 Å². The van der Waals surface area contributed by atoms with Gasteiger partial charge in [-0.05, 0) is 25.2 Å². The quantitative estimate of drug-likeness (QED) is 0.721. The zero-order valence-corrected chi connectivity index (χ0v) is 9.95. The first kappa shape index (κ1) is 11.4. The van der Waals surface area contributed by atoms with Crippen molar-refractivity contribution in [1.82, 2.24) is 10.6 Å². The van der Waals surface area contributed by atoms with Gasteiger partial charge in [-0.15, -0.1) is 0 Å². The Balaban J connectivity index is 1.68. The third kappa shape index (κ3) is 2.97. The summed E-state index contributed by atoms with van der Waals surface area (Å²) in [6, 6.07) is 0.396.